The minimum atomic E-state index is 0.680. The number of terminal acetylenes is 1. The first kappa shape index (κ1) is 12.3. The van der Waals surface area contributed by atoms with E-state index in [1.807, 2.05) is 6.08 Å². The van der Waals surface area contributed by atoms with Crippen LogP contribution in [0.4, 0.5) is 0 Å². The Balaban J connectivity index is 3.45. The number of allylic oxidation sites excluding steroid dienone is 1. The van der Waals surface area contributed by atoms with Crippen LogP contribution in [0.25, 0.3) is 0 Å². The van der Waals surface area contributed by atoms with E-state index in [0.29, 0.717) is 5.92 Å². The fraction of sp³-hybridized carbons (Fsp3) is 0.692. The van der Waals surface area contributed by atoms with E-state index in [4.69, 9.17) is 6.42 Å². The average molecular weight is 178 g/mol. The minimum Gasteiger partial charge on any atom is -0.120 e. The molecule has 0 aromatic rings. The summed E-state index contributed by atoms with van der Waals surface area (Å²) in [6, 6.07) is 0. The maximum atomic E-state index is 5.31. The molecule has 74 valence electrons. The highest BCUT2D eigenvalue weighted by molar-refractivity contribution is 4.88. The maximum Gasteiger partial charge on any atom is 0.0117 e. The van der Waals surface area contributed by atoms with E-state index >= 15 is 0 Å². The number of unbranched alkanes of at least 4 members (excludes halogenated alkanes) is 3. The first-order chi connectivity index (χ1) is 6.35. The molecule has 0 heterocycles. The summed E-state index contributed by atoms with van der Waals surface area (Å²) in [6.45, 7) is 6.00. The highest BCUT2D eigenvalue weighted by atomic mass is 14.1. The van der Waals surface area contributed by atoms with Crippen molar-refractivity contribution in [2.24, 2.45) is 5.92 Å². The van der Waals surface area contributed by atoms with Gasteiger partial charge >= 0.3 is 0 Å². The molecule has 1 atom stereocenters. The molecular weight excluding hydrogens is 156 g/mol. The molecule has 0 bridgehead atoms. The summed E-state index contributed by atoms with van der Waals surface area (Å²) < 4.78 is 0. The Kier molecular flexibility index (Phi) is 8.88. The van der Waals surface area contributed by atoms with Gasteiger partial charge in [0.15, 0.2) is 0 Å². The van der Waals surface area contributed by atoms with Crippen molar-refractivity contribution in [3.8, 4) is 12.3 Å². The molecule has 0 aliphatic heterocycles. The summed E-state index contributed by atoms with van der Waals surface area (Å²) in [4.78, 5) is 0. The lowest BCUT2D eigenvalue weighted by Gasteiger charge is -2.10. The van der Waals surface area contributed by atoms with Crippen molar-refractivity contribution in [2.75, 3.05) is 0 Å². The molecule has 0 aromatic carbocycles. The summed E-state index contributed by atoms with van der Waals surface area (Å²) in [6.07, 6.45) is 15.9. The van der Waals surface area contributed by atoms with E-state index in [-0.39, 0.29) is 0 Å². The summed E-state index contributed by atoms with van der Waals surface area (Å²) in [7, 11) is 0. The second kappa shape index (κ2) is 9.39. The van der Waals surface area contributed by atoms with Crippen LogP contribution in [-0.2, 0) is 0 Å². The molecular formula is C13H22. The molecule has 0 aliphatic carbocycles. The molecule has 0 rings (SSSR count). The van der Waals surface area contributed by atoms with Gasteiger partial charge in [0.05, 0.1) is 0 Å². The maximum absolute atomic E-state index is 5.31. The van der Waals surface area contributed by atoms with Gasteiger partial charge in [0.25, 0.3) is 0 Å². The largest absolute Gasteiger partial charge is 0.120 e. The Bertz CT molecular complexity index is 150. The second-order valence-corrected chi connectivity index (χ2v) is 3.65. The summed E-state index contributed by atoms with van der Waals surface area (Å²) >= 11 is 0. The predicted octanol–water partition coefficient (Wildman–Crippen LogP) is 4.17. The Morgan fingerprint density at radius 2 is 2.15 bits per heavy atom. The molecule has 0 aromatic heterocycles. The molecule has 0 heteroatoms. The van der Waals surface area contributed by atoms with Crippen LogP contribution in [-0.4, -0.2) is 0 Å². The van der Waals surface area contributed by atoms with Gasteiger partial charge in [-0.15, -0.1) is 18.9 Å². The standard InChI is InChI=1S/C13H22/c1-4-7-8-9-12-13(10-5-2)11-6-3/h2,6,13H,3-4,7-12H2,1H3. The van der Waals surface area contributed by atoms with Gasteiger partial charge in [0.1, 0.15) is 0 Å². The third-order valence-corrected chi connectivity index (χ3v) is 2.37. The van der Waals surface area contributed by atoms with Crippen molar-refractivity contribution in [3.63, 3.8) is 0 Å². The zero-order chi connectivity index (χ0) is 9.94. The summed E-state index contributed by atoms with van der Waals surface area (Å²) in [5.74, 6) is 3.43. The van der Waals surface area contributed by atoms with E-state index in [0.717, 1.165) is 12.8 Å². The van der Waals surface area contributed by atoms with E-state index in [1.165, 1.54) is 32.1 Å². The van der Waals surface area contributed by atoms with Gasteiger partial charge in [-0.05, 0) is 18.8 Å². The first-order valence-corrected chi connectivity index (χ1v) is 5.39. The molecule has 0 spiro atoms. The smallest absolute Gasteiger partial charge is 0.0117 e. The first-order valence-electron chi connectivity index (χ1n) is 5.39. The molecule has 0 aliphatic rings. The Morgan fingerprint density at radius 3 is 2.69 bits per heavy atom. The van der Waals surface area contributed by atoms with Gasteiger partial charge in [0.2, 0.25) is 0 Å². The predicted molar refractivity (Wildman–Crippen MR) is 60.5 cm³/mol. The van der Waals surface area contributed by atoms with E-state index in [2.05, 4.69) is 19.4 Å². The van der Waals surface area contributed by atoms with Gasteiger partial charge in [-0.2, -0.15) is 0 Å². The Hall–Kier alpha value is -0.700. The van der Waals surface area contributed by atoms with Crippen LogP contribution >= 0.6 is 0 Å². The lowest BCUT2D eigenvalue weighted by Crippen LogP contribution is -1.97. The van der Waals surface area contributed by atoms with Crippen LogP contribution in [0.5, 0.6) is 0 Å². The Labute approximate surface area is 83.4 Å². The quantitative estimate of drug-likeness (QED) is 0.297. The number of rotatable bonds is 8. The molecule has 13 heavy (non-hydrogen) atoms. The van der Waals surface area contributed by atoms with Gasteiger partial charge in [0, 0.05) is 6.42 Å². The van der Waals surface area contributed by atoms with Crippen molar-refractivity contribution in [2.45, 2.75) is 51.9 Å². The van der Waals surface area contributed by atoms with Crippen molar-refractivity contribution < 1.29 is 0 Å². The van der Waals surface area contributed by atoms with Gasteiger partial charge < -0.3 is 0 Å². The third-order valence-electron chi connectivity index (χ3n) is 2.37. The van der Waals surface area contributed by atoms with Crippen molar-refractivity contribution in [1.82, 2.24) is 0 Å². The topological polar surface area (TPSA) is 0 Å². The van der Waals surface area contributed by atoms with Gasteiger partial charge in [-0.1, -0.05) is 38.7 Å². The van der Waals surface area contributed by atoms with Gasteiger partial charge in [-0.3, -0.25) is 0 Å². The third kappa shape index (κ3) is 7.65. The fourth-order valence-electron chi connectivity index (χ4n) is 1.57. The monoisotopic (exact) mass is 178 g/mol. The SMILES string of the molecule is C#CCC(CC=C)CCCCCC. The summed E-state index contributed by atoms with van der Waals surface area (Å²) in [5, 5.41) is 0. The van der Waals surface area contributed by atoms with E-state index in [1.54, 1.807) is 0 Å². The van der Waals surface area contributed by atoms with Crippen LogP contribution in [0.2, 0.25) is 0 Å². The fourth-order valence-corrected chi connectivity index (χ4v) is 1.57. The van der Waals surface area contributed by atoms with Crippen molar-refractivity contribution in [3.05, 3.63) is 12.7 Å². The molecule has 0 fully saturated rings. The van der Waals surface area contributed by atoms with Crippen LogP contribution in [0.15, 0.2) is 12.7 Å². The molecule has 0 radical (unpaired) electrons. The Morgan fingerprint density at radius 1 is 1.38 bits per heavy atom. The normalized spacial score (nSPS) is 12.0. The average Bonchev–Trinajstić information content (AvgIpc) is 2.13. The molecule has 0 saturated carbocycles. The molecule has 0 amide bonds. The zero-order valence-corrected chi connectivity index (χ0v) is 8.89. The lowest BCUT2D eigenvalue weighted by atomic mass is 9.95. The minimum absolute atomic E-state index is 0.680. The number of hydrogen-bond donors (Lipinski definition) is 0. The van der Waals surface area contributed by atoms with E-state index < -0.39 is 0 Å². The second-order valence-electron chi connectivity index (χ2n) is 3.65. The van der Waals surface area contributed by atoms with Crippen LogP contribution in [0.1, 0.15) is 51.9 Å². The number of hydrogen-bond acceptors (Lipinski definition) is 0. The van der Waals surface area contributed by atoms with E-state index in [9.17, 15) is 0 Å². The molecule has 0 saturated heterocycles. The molecule has 1 unspecified atom stereocenters. The van der Waals surface area contributed by atoms with Crippen LogP contribution in [0, 0.1) is 18.3 Å². The van der Waals surface area contributed by atoms with Gasteiger partial charge in [-0.25, -0.2) is 0 Å². The highest BCUT2D eigenvalue weighted by Gasteiger charge is 2.04. The lowest BCUT2D eigenvalue weighted by molar-refractivity contribution is 0.468. The zero-order valence-electron chi connectivity index (χ0n) is 8.89. The highest BCUT2D eigenvalue weighted by Crippen LogP contribution is 2.17. The van der Waals surface area contributed by atoms with Crippen LogP contribution in [0.3, 0.4) is 0 Å². The summed E-state index contributed by atoms with van der Waals surface area (Å²) in [5.41, 5.74) is 0. The molecule has 0 nitrogen and oxygen atoms in total. The molecule has 0 N–H and O–H groups in total. The van der Waals surface area contributed by atoms with Crippen molar-refractivity contribution in [1.29, 1.82) is 0 Å². The van der Waals surface area contributed by atoms with Crippen LogP contribution < -0.4 is 0 Å². The van der Waals surface area contributed by atoms with Crippen molar-refractivity contribution >= 4 is 0 Å².